The lowest BCUT2D eigenvalue weighted by molar-refractivity contribution is 0.259. The highest BCUT2D eigenvalue weighted by Gasteiger charge is 2.19. The minimum atomic E-state index is -0.259. The Morgan fingerprint density at radius 2 is 2.05 bits per heavy atom. The Balaban J connectivity index is 2.05. The SMILES string of the molecule is CCCCN1CCC/C1=N\C(=O)Nc1c(C)cccc1C. The number of unbranched alkanes of at least 4 members (excludes halogenated alkanes) is 1. The van der Waals surface area contributed by atoms with Gasteiger partial charge in [0.25, 0.3) is 0 Å². The smallest absolute Gasteiger partial charge is 0.347 e. The van der Waals surface area contributed by atoms with Crippen LogP contribution in [0.5, 0.6) is 0 Å². The van der Waals surface area contributed by atoms with Crippen LogP contribution in [0.2, 0.25) is 0 Å². The van der Waals surface area contributed by atoms with Crippen molar-refractivity contribution in [1.82, 2.24) is 4.90 Å². The number of benzene rings is 1. The summed E-state index contributed by atoms with van der Waals surface area (Å²) in [5.74, 6) is 0.937. The van der Waals surface area contributed by atoms with Crippen molar-refractivity contribution in [2.75, 3.05) is 18.4 Å². The number of urea groups is 1. The van der Waals surface area contributed by atoms with Gasteiger partial charge in [0.1, 0.15) is 5.84 Å². The number of likely N-dealkylation sites (tertiary alicyclic amines) is 1. The maximum atomic E-state index is 12.2. The van der Waals surface area contributed by atoms with Gasteiger partial charge in [0.2, 0.25) is 0 Å². The predicted octanol–water partition coefficient (Wildman–Crippen LogP) is 4.13. The monoisotopic (exact) mass is 287 g/mol. The second-order valence-electron chi connectivity index (χ2n) is 5.67. The molecule has 0 spiro atoms. The lowest BCUT2D eigenvalue weighted by Gasteiger charge is -2.18. The van der Waals surface area contributed by atoms with E-state index in [1.54, 1.807) is 0 Å². The van der Waals surface area contributed by atoms with Gasteiger partial charge >= 0.3 is 6.03 Å². The maximum Gasteiger partial charge on any atom is 0.347 e. The van der Waals surface area contributed by atoms with Crippen molar-refractivity contribution < 1.29 is 4.79 Å². The average molecular weight is 287 g/mol. The Kier molecular flexibility index (Phi) is 5.37. The van der Waals surface area contributed by atoms with Crippen molar-refractivity contribution in [3.63, 3.8) is 0 Å². The van der Waals surface area contributed by atoms with Crippen molar-refractivity contribution in [2.24, 2.45) is 4.99 Å². The maximum absolute atomic E-state index is 12.2. The van der Waals surface area contributed by atoms with Crippen LogP contribution in [0.4, 0.5) is 10.5 Å². The zero-order valence-corrected chi connectivity index (χ0v) is 13.3. The lowest BCUT2D eigenvalue weighted by atomic mass is 10.1. The Hall–Kier alpha value is -1.84. The van der Waals surface area contributed by atoms with E-state index >= 15 is 0 Å². The number of para-hydroxylation sites is 1. The topological polar surface area (TPSA) is 44.7 Å². The Labute approximate surface area is 127 Å². The van der Waals surface area contributed by atoms with Crippen molar-refractivity contribution in [3.8, 4) is 0 Å². The van der Waals surface area contributed by atoms with Crippen LogP contribution in [0, 0.1) is 13.8 Å². The molecule has 1 aliphatic heterocycles. The number of amides is 2. The largest absolute Gasteiger partial charge is 0.360 e. The average Bonchev–Trinajstić information content (AvgIpc) is 2.88. The van der Waals surface area contributed by atoms with E-state index < -0.39 is 0 Å². The Morgan fingerprint density at radius 1 is 1.33 bits per heavy atom. The summed E-state index contributed by atoms with van der Waals surface area (Å²) >= 11 is 0. The number of aliphatic imine (C=N–C) groups is 1. The molecule has 1 fully saturated rings. The summed E-state index contributed by atoms with van der Waals surface area (Å²) in [6.07, 6.45) is 4.32. The van der Waals surface area contributed by atoms with E-state index in [-0.39, 0.29) is 6.03 Å². The molecule has 0 saturated carbocycles. The van der Waals surface area contributed by atoms with Crippen molar-refractivity contribution in [3.05, 3.63) is 29.3 Å². The van der Waals surface area contributed by atoms with Gasteiger partial charge in [0, 0.05) is 25.2 Å². The third-order valence-corrected chi connectivity index (χ3v) is 3.92. The predicted molar refractivity (Wildman–Crippen MR) is 88.1 cm³/mol. The first-order valence-corrected chi connectivity index (χ1v) is 7.81. The van der Waals surface area contributed by atoms with E-state index in [4.69, 9.17) is 0 Å². The van der Waals surface area contributed by atoms with Gasteiger partial charge in [-0.2, -0.15) is 4.99 Å². The van der Waals surface area contributed by atoms with Gasteiger partial charge in [0.15, 0.2) is 0 Å². The summed E-state index contributed by atoms with van der Waals surface area (Å²) in [4.78, 5) is 18.7. The molecule has 1 heterocycles. The van der Waals surface area contributed by atoms with E-state index in [1.165, 1.54) is 6.42 Å². The first-order valence-electron chi connectivity index (χ1n) is 7.81. The number of nitrogens with zero attached hydrogens (tertiary/aromatic N) is 2. The number of hydrogen-bond acceptors (Lipinski definition) is 1. The van der Waals surface area contributed by atoms with Crippen molar-refractivity contribution in [1.29, 1.82) is 0 Å². The molecule has 0 radical (unpaired) electrons. The molecule has 1 N–H and O–H groups in total. The highest BCUT2D eigenvalue weighted by Crippen LogP contribution is 2.20. The Morgan fingerprint density at radius 3 is 2.71 bits per heavy atom. The molecule has 114 valence electrons. The van der Waals surface area contributed by atoms with E-state index in [2.05, 4.69) is 22.1 Å². The summed E-state index contributed by atoms with van der Waals surface area (Å²) in [6.45, 7) is 8.21. The van der Waals surface area contributed by atoms with Crippen LogP contribution in [0.15, 0.2) is 23.2 Å². The van der Waals surface area contributed by atoms with Crippen LogP contribution < -0.4 is 5.32 Å². The van der Waals surface area contributed by atoms with Gasteiger partial charge in [-0.05, 0) is 37.8 Å². The van der Waals surface area contributed by atoms with Crippen LogP contribution in [0.3, 0.4) is 0 Å². The molecule has 1 aliphatic rings. The molecule has 2 amide bonds. The van der Waals surface area contributed by atoms with E-state index in [0.717, 1.165) is 55.0 Å². The minimum Gasteiger partial charge on any atom is -0.360 e. The quantitative estimate of drug-likeness (QED) is 0.905. The first-order chi connectivity index (χ1) is 10.1. The van der Waals surface area contributed by atoms with Gasteiger partial charge in [-0.15, -0.1) is 0 Å². The highest BCUT2D eigenvalue weighted by molar-refractivity contribution is 6.01. The fourth-order valence-corrected chi connectivity index (χ4v) is 2.70. The van der Waals surface area contributed by atoms with Gasteiger partial charge < -0.3 is 10.2 Å². The molecule has 0 aromatic heterocycles. The van der Waals surface area contributed by atoms with E-state index in [0.29, 0.717) is 0 Å². The molecule has 0 atom stereocenters. The van der Waals surface area contributed by atoms with Crippen LogP contribution >= 0.6 is 0 Å². The van der Waals surface area contributed by atoms with E-state index in [9.17, 15) is 4.79 Å². The molecule has 0 unspecified atom stereocenters. The number of anilines is 1. The number of hydrogen-bond donors (Lipinski definition) is 1. The molecule has 4 nitrogen and oxygen atoms in total. The molecule has 1 aromatic carbocycles. The van der Waals surface area contributed by atoms with Gasteiger partial charge in [-0.25, -0.2) is 4.79 Å². The number of aryl methyl sites for hydroxylation is 2. The molecule has 1 saturated heterocycles. The molecular weight excluding hydrogens is 262 g/mol. The third kappa shape index (κ3) is 4.06. The van der Waals surface area contributed by atoms with Crippen LogP contribution in [0.25, 0.3) is 0 Å². The van der Waals surface area contributed by atoms with E-state index in [1.807, 2.05) is 32.0 Å². The lowest BCUT2D eigenvalue weighted by Crippen LogP contribution is -2.27. The summed E-state index contributed by atoms with van der Waals surface area (Å²) in [6, 6.07) is 5.73. The van der Waals surface area contributed by atoms with Gasteiger partial charge in [-0.3, -0.25) is 0 Å². The third-order valence-electron chi connectivity index (χ3n) is 3.92. The second-order valence-corrected chi connectivity index (χ2v) is 5.67. The summed E-state index contributed by atoms with van der Waals surface area (Å²) in [5, 5.41) is 2.93. The number of rotatable bonds is 4. The molecule has 0 bridgehead atoms. The molecule has 0 aliphatic carbocycles. The first kappa shape index (κ1) is 15.5. The molecular formula is C17H25N3O. The fourth-order valence-electron chi connectivity index (χ4n) is 2.70. The standard InChI is InChI=1S/C17H25N3O/c1-4-5-11-20-12-7-10-15(20)18-17(21)19-16-13(2)8-6-9-14(16)3/h6,8-9H,4-5,7,10-12H2,1-3H3,(H,19,21)/b18-15+. The zero-order chi connectivity index (χ0) is 15.2. The van der Waals surface area contributed by atoms with Gasteiger partial charge in [-0.1, -0.05) is 31.5 Å². The molecule has 1 aromatic rings. The minimum absolute atomic E-state index is 0.259. The van der Waals surface area contributed by atoms with Crippen molar-refractivity contribution >= 4 is 17.6 Å². The van der Waals surface area contributed by atoms with Gasteiger partial charge in [0.05, 0.1) is 0 Å². The Bertz CT molecular complexity index is 517. The fraction of sp³-hybridized carbons (Fsp3) is 0.529. The molecule has 21 heavy (non-hydrogen) atoms. The number of nitrogens with one attached hydrogen (secondary N) is 1. The molecule has 2 rings (SSSR count). The number of amidine groups is 1. The summed E-state index contributed by atoms with van der Waals surface area (Å²) < 4.78 is 0. The van der Waals surface area contributed by atoms with Crippen LogP contribution in [-0.4, -0.2) is 29.9 Å². The van der Waals surface area contributed by atoms with Crippen LogP contribution in [0.1, 0.15) is 43.7 Å². The normalized spacial score (nSPS) is 16.5. The number of carbonyl (C=O) groups excluding carboxylic acids is 1. The van der Waals surface area contributed by atoms with Crippen LogP contribution in [-0.2, 0) is 0 Å². The number of carbonyl (C=O) groups is 1. The zero-order valence-electron chi connectivity index (χ0n) is 13.3. The molecule has 4 heteroatoms. The summed E-state index contributed by atoms with van der Waals surface area (Å²) in [5.41, 5.74) is 3.01. The van der Waals surface area contributed by atoms with Crippen molar-refractivity contribution in [2.45, 2.75) is 46.5 Å². The summed E-state index contributed by atoms with van der Waals surface area (Å²) in [7, 11) is 0. The second kappa shape index (κ2) is 7.25. The highest BCUT2D eigenvalue weighted by atomic mass is 16.2.